The number of nitrogens with zero attached hydrogens (tertiary/aromatic N) is 2. The Labute approximate surface area is 129 Å². The monoisotopic (exact) mass is 355 g/mol. The van der Waals surface area contributed by atoms with Crippen molar-refractivity contribution in [3.05, 3.63) is 38.3 Å². The van der Waals surface area contributed by atoms with Crippen molar-refractivity contribution in [1.29, 1.82) is 0 Å². The van der Waals surface area contributed by atoms with Gasteiger partial charge in [0.1, 0.15) is 5.54 Å². The van der Waals surface area contributed by atoms with Crippen LogP contribution in [0.2, 0.25) is 0 Å². The molecule has 21 heavy (non-hydrogen) atoms. The largest absolute Gasteiger partial charge is 0.325 e. The number of imide groups is 1. The highest BCUT2D eigenvalue weighted by Crippen LogP contribution is 2.28. The Morgan fingerprint density at radius 2 is 2.10 bits per heavy atom. The topological polar surface area (TPSA) is 92.6 Å². The number of amides is 3. The van der Waals surface area contributed by atoms with Gasteiger partial charge in [0.25, 0.3) is 11.6 Å². The van der Waals surface area contributed by atoms with Gasteiger partial charge in [0.2, 0.25) is 0 Å². The zero-order valence-corrected chi connectivity index (χ0v) is 13.1. The molecule has 0 radical (unpaired) electrons. The summed E-state index contributed by atoms with van der Waals surface area (Å²) < 4.78 is 0.354. The number of carbonyl (C=O) groups is 2. The van der Waals surface area contributed by atoms with Crippen molar-refractivity contribution in [3.8, 4) is 0 Å². The van der Waals surface area contributed by atoms with E-state index in [0.29, 0.717) is 16.5 Å². The Balaban J connectivity index is 2.27. The molecular weight excluding hydrogens is 342 g/mol. The summed E-state index contributed by atoms with van der Waals surface area (Å²) in [6, 6.07) is 4.05. The lowest BCUT2D eigenvalue weighted by Gasteiger charge is -2.19. The molecule has 0 saturated carbocycles. The van der Waals surface area contributed by atoms with E-state index in [-0.39, 0.29) is 18.1 Å². The van der Waals surface area contributed by atoms with Gasteiger partial charge in [0.05, 0.1) is 15.9 Å². The summed E-state index contributed by atoms with van der Waals surface area (Å²) in [6.07, 6.45) is 0.481. The van der Waals surface area contributed by atoms with Crippen LogP contribution in [0.25, 0.3) is 0 Å². The Hall–Kier alpha value is -1.96. The maximum atomic E-state index is 12.3. The second-order valence-corrected chi connectivity index (χ2v) is 5.90. The van der Waals surface area contributed by atoms with Crippen LogP contribution in [0.3, 0.4) is 0 Å². The Morgan fingerprint density at radius 3 is 2.62 bits per heavy atom. The lowest BCUT2D eigenvalue weighted by molar-refractivity contribution is -0.385. The predicted molar refractivity (Wildman–Crippen MR) is 78.6 cm³/mol. The first-order chi connectivity index (χ1) is 9.78. The summed E-state index contributed by atoms with van der Waals surface area (Å²) in [5, 5.41) is 13.5. The average molecular weight is 356 g/mol. The van der Waals surface area contributed by atoms with Gasteiger partial charge in [-0.1, -0.05) is 13.0 Å². The maximum absolute atomic E-state index is 12.3. The van der Waals surface area contributed by atoms with Gasteiger partial charge in [-0.25, -0.2) is 4.79 Å². The van der Waals surface area contributed by atoms with Crippen molar-refractivity contribution < 1.29 is 14.5 Å². The molecule has 7 nitrogen and oxygen atoms in total. The van der Waals surface area contributed by atoms with Gasteiger partial charge in [-0.15, -0.1) is 0 Å². The molecule has 0 spiro atoms. The number of rotatable bonds is 4. The van der Waals surface area contributed by atoms with E-state index in [0.717, 1.165) is 4.90 Å². The first-order valence-electron chi connectivity index (χ1n) is 6.35. The molecule has 1 N–H and O–H groups in total. The predicted octanol–water partition coefficient (Wildman–Crippen LogP) is 2.58. The molecule has 8 heteroatoms. The minimum absolute atomic E-state index is 0.00831. The van der Waals surface area contributed by atoms with E-state index in [1.54, 1.807) is 13.0 Å². The van der Waals surface area contributed by atoms with Gasteiger partial charge >= 0.3 is 6.03 Å². The molecule has 3 amide bonds. The van der Waals surface area contributed by atoms with Crippen LogP contribution in [0.1, 0.15) is 25.8 Å². The summed E-state index contributed by atoms with van der Waals surface area (Å²) in [7, 11) is 0. The molecule has 112 valence electrons. The van der Waals surface area contributed by atoms with Gasteiger partial charge in [0, 0.05) is 6.07 Å². The van der Waals surface area contributed by atoms with E-state index in [1.807, 2.05) is 6.92 Å². The minimum atomic E-state index is -0.904. The number of halogens is 1. The molecule has 1 atom stereocenters. The third-order valence-electron chi connectivity index (χ3n) is 3.60. The lowest BCUT2D eigenvalue weighted by Crippen LogP contribution is -2.43. The number of nitrogens with one attached hydrogen (secondary N) is 1. The highest BCUT2D eigenvalue weighted by molar-refractivity contribution is 9.10. The van der Waals surface area contributed by atoms with Crippen LogP contribution in [-0.2, 0) is 11.3 Å². The maximum Gasteiger partial charge on any atom is 0.325 e. The zero-order valence-electron chi connectivity index (χ0n) is 11.6. The normalized spacial score (nSPS) is 21.6. The Kier molecular flexibility index (Phi) is 3.99. The number of urea groups is 1. The molecule has 1 saturated heterocycles. The molecular formula is C13H14BrN3O4. The summed E-state index contributed by atoms with van der Waals surface area (Å²) >= 11 is 3.10. The van der Waals surface area contributed by atoms with Crippen molar-refractivity contribution in [1.82, 2.24) is 10.2 Å². The van der Waals surface area contributed by atoms with Crippen molar-refractivity contribution in [3.63, 3.8) is 0 Å². The van der Waals surface area contributed by atoms with Crippen LogP contribution in [0.15, 0.2) is 22.7 Å². The van der Waals surface area contributed by atoms with Gasteiger partial charge in [0.15, 0.2) is 0 Å². The molecule has 1 aromatic rings. The average Bonchev–Trinajstić information content (AvgIpc) is 2.64. The molecule has 1 aromatic carbocycles. The highest BCUT2D eigenvalue weighted by Gasteiger charge is 2.46. The van der Waals surface area contributed by atoms with Crippen molar-refractivity contribution in [2.75, 3.05) is 0 Å². The van der Waals surface area contributed by atoms with Gasteiger partial charge in [-0.05, 0) is 40.9 Å². The van der Waals surface area contributed by atoms with E-state index < -0.39 is 16.5 Å². The molecule has 1 aliphatic heterocycles. The SMILES string of the molecule is CCC1(C)NC(=O)N(Cc2ccc(Br)c([N+](=O)[O-])c2)C1=O. The molecule has 0 aliphatic carbocycles. The second-order valence-electron chi connectivity index (χ2n) is 5.05. The molecule has 2 rings (SSSR count). The fraction of sp³-hybridized carbons (Fsp3) is 0.385. The second kappa shape index (κ2) is 5.44. The van der Waals surface area contributed by atoms with Gasteiger partial charge in [-0.2, -0.15) is 0 Å². The number of nitro groups is 1. The smallest absolute Gasteiger partial charge is 0.323 e. The molecule has 0 aromatic heterocycles. The minimum Gasteiger partial charge on any atom is -0.323 e. The molecule has 1 aliphatic rings. The van der Waals surface area contributed by atoms with Crippen LogP contribution >= 0.6 is 15.9 Å². The quantitative estimate of drug-likeness (QED) is 0.510. The van der Waals surface area contributed by atoms with E-state index in [4.69, 9.17) is 0 Å². The fourth-order valence-electron chi connectivity index (χ4n) is 2.11. The van der Waals surface area contributed by atoms with E-state index >= 15 is 0 Å². The van der Waals surface area contributed by atoms with Crippen molar-refractivity contribution >= 4 is 33.6 Å². The van der Waals surface area contributed by atoms with Crippen LogP contribution in [0.5, 0.6) is 0 Å². The summed E-state index contributed by atoms with van der Waals surface area (Å²) in [5.74, 6) is -0.319. The highest BCUT2D eigenvalue weighted by atomic mass is 79.9. The summed E-state index contributed by atoms with van der Waals surface area (Å²) in [4.78, 5) is 35.6. The van der Waals surface area contributed by atoms with Crippen LogP contribution in [0, 0.1) is 10.1 Å². The van der Waals surface area contributed by atoms with Crippen LogP contribution < -0.4 is 5.32 Å². The first-order valence-corrected chi connectivity index (χ1v) is 7.14. The molecule has 1 unspecified atom stereocenters. The molecule has 1 heterocycles. The molecule has 1 fully saturated rings. The Bertz CT molecular complexity index is 634. The first kappa shape index (κ1) is 15.4. The fourth-order valence-corrected chi connectivity index (χ4v) is 2.50. The zero-order chi connectivity index (χ0) is 15.8. The molecule has 0 bridgehead atoms. The number of benzene rings is 1. The van der Waals surface area contributed by atoms with Crippen molar-refractivity contribution in [2.45, 2.75) is 32.4 Å². The third kappa shape index (κ3) is 2.76. The van der Waals surface area contributed by atoms with Crippen LogP contribution in [0.4, 0.5) is 10.5 Å². The number of hydrogen-bond donors (Lipinski definition) is 1. The standard InChI is InChI=1S/C13H14BrN3O4/c1-3-13(2)11(18)16(12(19)15-13)7-8-4-5-9(14)10(6-8)17(20)21/h4-6H,3,7H2,1-2H3,(H,15,19). The van der Waals surface area contributed by atoms with E-state index in [9.17, 15) is 19.7 Å². The van der Waals surface area contributed by atoms with Crippen molar-refractivity contribution in [2.24, 2.45) is 0 Å². The summed E-state index contributed by atoms with van der Waals surface area (Å²) in [6.45, 7) is 3.48. The lowest BCUT2D eigenvalue weighted by atomic mass is 9.99. The Morgan fingerprint density at radius 1 is 1.43 bits per heavy atom. The summed E-state index contributed by atoms with van der Waals surface area (Å²) in [5.41, 5.74) is -0.482. The third-order valence-corrected chi connectivity index (χ3v) is 4.27. The van der Waals surface area contributed by atoms with E-state index in [2.05, 4.69) is 21.2 Å². The van der Waals surface area contributed by atoms with E-state index in [1.165, 1.54) is 12.1 Å². The number of hydrogen-bond acceptors (Lipinski definition) is 4. The number of carbonyl (C=O) groups excluding carboxylic acids is 2. The van der Waals surface area contributed by atoms with Crippen LogP contribution in [-0.4, -0.2) is 27.3 Å². The van der Waals surface area contributed by atoms with Gasteiger partial charge in [-0.3, -0.25) is 19.8 Å². The van der Waals surface area contributed by atoms with Gasteiger partial charge < -0.3 is 5.32 Å². The number of nitro benzene ring substituents is 1.